The fourth-order valence-electron chi connectivity index (χ4n) is 1.42. The van der Waals surface area contributed by atoms with E-state index in [9.17, 15) is 0 Å². The molecule has 0 spiro atoms. The van der Waals surface area contributed by atoms with Gasteiger partial charge in [0, 0.05) is 5.56 Å². The van der Waals surface area contributed by atoms with E-state index in [1.165, 1.54) is 0 Å². The van der Waals surface area contributed by atoms with Gasteiger partial charge in [-0.3, -0.25) is 0 Å². The van der Waals surface area contributed by atoms with E-state index in [1.807, 2.05) is 94.5 Å². The SMILES string of the molecule is C[Si](C)(C)C#Cc1ccccc1.[CH]1[CH][CH][CH][CH]1.[CH]1[CH][CH][CH][CH]1.[Ti+2]. The van der Waals surface area contributed by atoms with Crippen LogP contribution in [-0.4, -0.2) is 8.07 Å². The van der Waals surface area contributed by atoms with Crippen molar-refractivity contribution < 1.29 is 21.7 Å². The molecule has 2 saturated carbocycles. The topological polar surface area (TPSA) is 0 Å². The molecular formula is C21H24SiTi+2. The van der Waals surface area contributed by atoms with Gasteiger partial charge in [-0.25, -0.2) is 0 Å². The number of hydrogen-bond donors (Lipinski definition) is 0. The van der Waals surface area contributed by atoms with Crippen LogP contribution in [0.3, 0.4) is 0 Å². The van der Waals surface area contributed by atoms with Crippen molar-refractivity contribution in [1.82, 2.24) is 0 Å². The van der Waals surface area contributed by atoms with Crippen LogP contribution in [0.1, 0.15) is 5.56 Å². The summed E-state index contributed by atoms with van der Waals surface area (Å²) in [6.07, 6.45) is 20.0. The Balaban J connectivity index is 0.000000362. The largest absolute Gasteiger partial charge is 2.00 e. The summed E-state index contributed by atoms with van der Waals surface area (Å²) in [6, 6.07) is 10.2. The quantitative estimate of drug-likeness (QED) is 0.457. The van der Waals surface area contributed by atoms with Gasteiger partial charge < -0.3 is 0 Å². The van der Waals surface area contributed by atoms with Crippen molar-refractivity contribution in [3.63, 3.8) is 0 Å². The van der Waals surface area contributed by atoms with Crippen molar-refractivity contribution in [3.05, 3.63) is 100 Å². The Morgan fingerprint density at radius 3 is 1.26 bits per heavy atom. The minimum atomic E-state index is -1.20. The van der Waals surface area contributed by atoms with Gasteiger partial charge in [0.15, 0.2) is 0 Å². The minimum Gasteiger partial charge on any atom is -0.127 e. The molecule has 0 bridgehead atoms. The molecule has 3 rings (SSSR count). The standard InChI is InChI=1S/C11H14Si.2C5H5.Ti/c1-12(2,3)10-9-11-7-5-4-6-8-11;2*1-2-4-5-3-1;/h4-8H,1-3H3;2*1-5H;/q;;;+2. The molecule has 0 unspecified atom stereocenters. The molecule has 2 fully saturated rings. The predicted octanol–water partition coefficient (Wildman–Crippen LogP) is 4.96. The zero-order valence-corrected chi connectivity index (χ0v) is 16.7. The molecule has 0 heterocycles. The van der Waals surface area contributed by atoms with Crippen molar-refractivity contribution in [2.75, 3.05) is 0 Å². The Morgan fingerprint density at radius 2 is 0.957 bits per heavy atom. The van der Waals surface area contributed by atoms with Gasteiger partial charge in [0.2, 0.25) is 0 Å². The maximum atomic E-state index is 3.33. The Hall–Kier alpha value is -0.289. The van der Waals surface area contributed by atoms with E-state index in [4.69, 9.17) is 0 Å². The molecule has 0 aliphatic heterocycles. The van der Waals surface area contributed by atoms with Crippen LogP contribution in [-0.2, 0) is 21.7 Å². The Morgan fingerprint density at radius 1 is 0.609 bits per heavy atom. The van der Waals surface area contributed by atoms with Crippen LogP contribution >= 0.6 is 0 Å². The maximum Gasteiger partial charge on any atom is 2.00 e. The molecule has 10 radical (unpaired) electrons. The summed E-state index contributed by atoms with van der Waals surface area (Å²) in [4.78, 5) is 0. The molecule has 0 atom stereocenters. The third-order valence-electron chi connectivity index (χ3n) is 2.47. The second-order valence-electron chi connectivity index (χ2n) is 5.79. The Kier molecular flexibility index (Phi) is 13.9. The van der Waals surface area contributed by atoms with E-state index >= 15 is 0 Å². The third kappa shape index (κ3) is 15.0. The number of benzene rings is 1. The van der Waals surface area contributed by atoms with Crippen molar-refractivity contribution >= 4 is 8.07 Å². The molecule has 1 aromatic rings. The van der Waals surface area contributed by atoms with Crippen LogP contribution in [0.5, 0.6) is 0 Å². The van der Waals surface area contributed by atoms with Crippen LogP contribution in [0.4, 0.5) is 0 Å². The molecule has 0 amide bonds. The number of rotatable bonds is 0. The summed E-state index contributed by atoms with van der Waals surface area (Å²) >= 11 is 0. The molecule has 0 nitrogen and oxygen atoms in total. The van der Waals surface area contributed by atoms with Gasteiger partial charge in [-0.05, 0) is 76.3 Å². The Labute approximate surface area is 160 Å². The zero-order chi connectivity index (χ0) is 16.1. The molecule has 0 N–H and O–H groups in total. The molecule has 23 heavy (non-hydrogen) atoms. The zero-order valence-electron chi connectivity index (χ0n) is 14.2. The molecule has 2 heteroatoms. The molecular weight excluding hydrogens is 328 g/mol. The summed E-state index contributed by atoms with van der Waals surface area (Å²) in [6.45, 7) is 6.76. The summed E-state index contributed by atoms with van der Waals surface area (Å²) in [5.74, 6) is 3.20. The maximum absolute atomic E-state index is 3.33. The van der Waals surface area contributed by atoms with Gasteiger partial charge in [-0.15, -0.1) is 5.54 Å². The second-order valence-corrected chi connectivity index (χ2v) is 10.5. The first-order valence-corrected chi connectivity index (χ1v) is 11.0. The van der Waals surface area contributed by atoms with E-state index in [0.717, 1.165) is 5.56 Å². The average molecular weight is 352 g/mol. The van der Waals surface area contributed by atoms with Crippen molar-refractivity contribution in [2.45, 2.75) is 19.6 Å². The molecule has 0 saturated heterocycles. The van der Waals surface area contributed by atoms with Gasteiger partial charge in [0.05, 0.1) is 0 Å². The van der Waals surface area contributed by atoms with Crippen LogP contribution in [0.2, 0.25) is 19.6 Å². The van der Waals surface area contributed by atoms with E-state index in [0.29, 0.717) is 0 Å². The first kappa shape index (κ1) is 22.7. The van der Waals surface area contributed by atoms with E-state index in [2.05, 4.69) is 31.1 Å². The van der Waals surface area contributed by atoms with E-state index in [1.54, 1.807) is 0 Å². The first-order valence-electron chi connectivity index (χ1n) is 7.49. The molecule has 1 aromatic carbocycles. The predicted molar refractivity (Wildman–Crippen MR) is 99.7 cm³/mol. The summed E-state index contributed by atoms with van der Waals surface area (Å²) < 4.78 is 0. The summed E-state index contributed by atoms with van der Waals surface area (Å²) in [5, 5.41) is 0. The van der Waals surface area contributed by atoms with E-state index < -0.39 is 8.07 Å². The van der Waals surface area contributed by atoms with Gasteiger partial charge in [-0.1, -0.05) is 43.8 Å². The molecule has 2 aliphatic carbocycles. The van der Waals surface area contributed by atoms with Gasteiger partial charge in [0.1, 0.15) is 8.07 Å². The van der Waals surface area contributed by atoms with Crippen LogP contribution in [0.15, 0.2) is 30.3 Å². The molecule has 2 aliphatic rings. The normalized spacial score (nSPS) is 15.8. The summed E-state index contributed by atoms with van der Waals surface area (Å²) in [5.41, 5.74) is 4.45. The third-order valence-corrected chi connectivity index (χ3v) is 3.34. The summed E-state index contributed by atoms with van der Waals surface area (Å²) in [7, 11) is -1.20. The molecule has 0 aromatic heterocycles. The van der Waals surface area contributed by atoms with E-state index in [-0.39, 0.29) is 21.7 Å². The van der Waals surface area contributed by atoms with Gasteiger partial charge >= 0.3 is 21.7 Å². The van der Waals surface area contributed by atoms with Gasteiger partial charge in [0.25, 0.3) is 0 Å². The second kappa shape index (κ2) is 14.1. The van der Waals surface area contributed by atoms with Crippen molar-refractivity contribution in [2.24, 2.45) is 0 Å². The van der Waals surface area contributed by atoms with Crippen LogP contribution < -0.4 is 0 Å². The first-order chi connectivity index (χ1) is 10.6. The fourth-order valence-corrected chi connectivity index (χ4v) is 1.94. The Bertz CT molecular complexity index is 403. The van der Waals surface area contributed by atoms with Crippen LogP contribution in [0.25, 0.3) is 0 Å². The monoisotopic (exact) mass is 352 g/mol. The van der Waals surface area contributed by atoms with Crippen LogP contribution in [0, 0.1) is 75.7 Å². The van der Waals surface area contributed by atoms with Gasteiger partial charge in [-0.2, -0.15) is 0 Å². The van der Waals surface area contributed by atoms with Crippen molar-refractivity contribution in [1.29, 1.82) is 0 Å². The minimum absolute atomic E-state index is 0. The fraction of sp³-hybridized carbons (Fsp3) is 0.143. The average Bonchev–Trinajstić information content (AvgIpc) is 3.23. The number of hydrogen-bond acceptors (Lipinski definition) is 0. The van der Waals surface area contributed by atoms with Crippen molar-refractivity contribution in [3.8, 4) is 11.5 Å². The molecule has 114 valence electrons. The smallest absolute Gasteiger partial charge is 0.127 e.